The van der Waals surface area contributed by atoms with E-state index in [-0.39, 0.29) is 42.0 Å². The monoisotopic (exact) mass is 578 g/mol. The summed E-state index contributed by atoms with van der Waals surface area (Å²) in [5, 5.41) is 5.82. The van der Waals surface area contributed by atoms with Crippen LogP contribution in [0.15, 0.2) is 60.8 Å². The first-order valence-electron chi connectivity index (χ1n) is 12.3. The number of ether oxygens (including phenoxy) is 3. The SMILES string of the molecule is COC(=O)Oc1cccc2c1nc(C(=O)Nc1ccc(N3CCOCC3=O)cc1)n2CC(=O)Nc1ccc(Cl)cn1. The first-order valence-corrected chi connectivity index (χ1v) is 12.7. The fourth-order valence-electron chi connectivity index (χ4n) is 4.15. The lowest BCUT2D eigenvalue weighted by molar-refractivity contribution is -0.125. The third-order valence-electron chi connectivity index (χ3n) is 6.02. The highest BCUT2D eigenvalue weighted by Gasteiger charge is 2.24. The van der Waals surface area contributed by atoms with Crippen LogP contribution in [0.25, 0.3) is 11.0 Å². The zero-order chi connectivity index (χ0) is 28.9. The summed E-state index contributed by atoms with van der Waals surface area (Å²) in [7, 11) is 1.16. The van der Waals surface area contributed by atoms with Gasteiger partial charge >= 0.3 is 6.16 Å². The molecule has 2 N–H and O–H groups in total. The number of hydrogen-bond acceptors (Lipinski definition) is 9. The van der Waals surface area contributed by atoms with E-state index >= 15 is 0 Å². The van der Waals surface area contributed by atoms with Crippen molar-refractivity contribution in [3.63, 3.8) is 0 Å². The fraction of sp³-hybridized carbons (Fsp3) is 0.185. The average molecular weight is 579 g/mol. The number of para-hydroxylation sites is 1. The Hall–Kier alpha value is -5.01. The number of morpholine rings is 1. The summed E-state index contributed by atoms with van der Waals surface area (Å²) in [4.78, 5) is 60.4. The van der Waals surface area contributed by atoms with E-state index in [1.807, 2.05) is 0 Å². The normalized spacial score (nSPS) is 13.1. The van der Waals surface area contributed by atoms with Gasteiger partial charge in [0.25, 0.3) is 11.8 Å². The molecule has 210 valence electrons. The van der Waals surface area contributed by atoms with Crippen molar-refractivity contribution >= 4 is 63.7 Å². The molecule has 1 aliphatic heterocycles. The molecule has 3 heterocycles. The van der Waals surface area contributed by atoms with Gasteiger partial charge in [-0.2, -0.15) is 0 Å². The van der Waals surface area contributed by atoms with Gasteiger partial charge in [0.05, 0.1) is 24.3 Å². The molecule has 2 aromatic carbocycles. The second-order valence-corrected chi connectivity index (χ2v) is 9.15. The summed E-state index contributed by atoms with van der Waals surface area (Å²) in [6, 6.07) is 14.5. The molecule has 0 radical (unpaired) electrons. The molecule has 2 aromatic heterocycles. The molecule has 0 bridgehead atoms. The number of pyridine rings is 1. The third kappa shape index (κ3) is 6.26. The molecule has 0 saturated carbocycles. The van der Waals surface area contributed by atoms with E-state index in [1.54, 1.807) is 47.4 Å². The molecule has 4 aromatic rings. The van der Waals surface area contributed by atoms with Gasteiger partial charge in [-0.05, 0) is 48.5 Å². The van der Waals surface area contributed by atoms with Crippen molar-refractivity contribution in [3.8, 4) is 5.75 Å². The number of imidazole rings is 1. The van der Waals surface area contributed by atoms with E-state index in [0.717, 1.165) is 7.11 Å². The van der Waals surface area contributed by atoms with Gasteiger partial charge < -0.3 is 34.3 Å². The fourth-order valence-corrected chi connectivity index (χ4v) is 4.26. The first kappa shape index (κ1) is 27.6. The van der Waals surface area contributed by atoms with Crippen molar-refractivity contribution in [1.29, 1.82) is 0 Å². The van der Waals surface area contributed by atoms with Crippen molar-refractivity contribution in [2.24, 2.45) is 0 Å². The van der Waals surface area contributed by atoms with E-state index in [4.69, 9.17) is 21.1 Å². The maximum absolute atomic E-state index is 13.4. The van der Waals surface area contributed by atoms with E-state index in [0.29, 0.717) is 35.1 Å². The number of anilines is 3. The Bertz CT molecular complexity index is 1620. The minimum Gasteiger partial charge on any atom is -0.437 e. The van der Waals surface area contributed by atoms with Gasteiger partial charge in [0, 0.05) is 24.1 Å². The summed E-state index contributed by atoms with van der Waals surface area (Å²) in [6.45, 7) is 0.559. The maximum Gasteiger partial charge on any atom is 0.513 e. The topological polar surface area (TPSA) is 154 Å². The number of benzene rings is 2. The van der Waals surface area contributed by atoms with Crippen LogP contribution in [0, 0.1) is 0 Å². The van der Waals surface area contributed by atoms with Crippen LogP contribution in [0.2, 0.25) is 5.02 Å². The Labute approximate surface area is 238 Å². The van der Waals surface area contributed by atoms with Crippen LogP contribution >= 0.6 is 11.6 Å². The highest BCUT2D eigenvalue weighted by atomic mass is 35.5. The van der Waals surface area contributed by atoms with Crippen LogP contribution in [-0.2, 0) is 25.6 Å². The number of halogens is 1. The molecule has 41 heavy (non-hydrogen) atoms. The van der Waals surface area contributed by atoms with E-state index < -0.39 is 18.0 Å². The van der Waals surface area contributed by atoms with E-state index in [2.05, 4.69) is 25.3 Å². The molecular formula is C27H23ClN6O7. The van der Waals surface area contributed by atoms with Crippen molar-refractivity contribution < 1.29 is 33.4 Å². The number of carbonyl (C=O) groups excluding carboxylic acids is 4. The number of methoxy groups -OCH3 is 1. The van der Waals surface area contributed by atoms with Gasteiger partial charge in [0.1, 0.15) is 24.5 Å². The van der Waals surface area contributed by atoms with Crippen molar-refractivity contribution in [2.75, 3.05) is 42.4 Å². The van der Waals surface area contributed by atoms with Gasteiger partial charge in [-0.3, -0.25) is 14.4 Å². The van der Waals surface area contributed by atoms with Gasteiger partial charge in [-0.1, -0.05) is 17.7 Å². The minimum atomic E-state index is -0.969. The predicted molar refractivity (Wildman–Crippen MR) is 148 cm³/mol. The van der Waals surface area contributed by atoms with Gasteiger partial charge in [-0.15, -0.1) is 0 Å². The van der Waals surface area contributed by atoms with Crippen LogP contribution in [0.3, 0.4) is 0 Å². The zero-order valence-corrected chi connectivity index (χ0v) is 22.4. The number of carbonyl (C=O) groups is 4. The molecular weight excluding hydrogens is 556 g/mol. The summed E-state index contributed by atoms with van der Waals surface area (Å²) >= 11 is 5.87. The second-order valence-electron chi connectivity index (χ2n) is 8.71. The summed E-state index contributed by atoms with van der Waals surface area (Å²) < 4.78 is 16.3. The molecule has 0 spiro atoms. The zero-order valence-electron chi connectivity index (χ0n) is 21.6. The van der Waals surface area contributed by atoms with Crippen LogP contribution in [0.5, 0.6) is 5.75 Å². The summed E-state index contributed by atoms with van der Waals surface area (Å²) in [5.41, 5.74) is 1.62. The Morgan fingerprint density at radius 3 is 2.59 bits per heavy atom. The second kappa shape index (κ2) is 12.0. The lowest BCUT2D eigenvalue weighted by Gasteiger charge is -2.26. The average Bonchev–Trinajstić information content (AvgIpc) is 3.34. The molecule has 0 aliphatic carbocycles. The van der Waals surface area contributed by atoms with E-state index in [1.165, 1.54) is 22.9 Å². The number of amides is 3. The van der Waals surface area contributed by atoms with Crippen LogP contribution in [0.4, 0.5) is 22.0 Å². The number of rotatable bonds is 7. The molecule has 13 nitrogen and oxygen atoms in total. The van der Waals surface area contributed by atoms with E-state index in [9.17, 15) is 19.2 Å². The molecule has 1 saturated heterocycles. The van der Waals surface area contributed by atoms with Crippen molar-refractivity contribution in [2.45, 2.75) is 6.54 Å². The Balaban J connectivity index is 1.43. The Kier molecular flexibility index (Phi) is 8.08. The van der Waals surface area contributed by atoms with Crippen molar-refractivity contribution in [3.05, 3.63) is 71.6 Å². The smallest absolute Gasteiger partial charge is 0.437 e. The molecule has 0 atom stereocenters. The molecule has 5 rings (SSSR count). The van der Waals surface area contributed by atoms with Crippen LogP contribution < -0.4 is 20.3 Å². The number of nitrogens with one attached hydrogen (secondary N) is 2. The number of nitrogens with zero attached hydrogens (tertiary/aromatic N) is 4. The van der Waals surface area contributed by atoms with Gasteiger partial charge in [0.2, 0.25) is 11.7 Å². The third-order valence-corrected chi connectivity index (χ3v) is 6.25. The maximum atomic E-state index is 13.4. The van der Waals surface area contributed by atoms with Crippen LogP contribution in [0.1, 0.15) is 10.6 Å². The van der Waals surface area contributed by atoms with Crippen molar-refractivity contribution in [1.82, 2.24) is 14.5 Å². The lowest BCUT2D eigenvalue weighted by Crippen LogP contribution is -2.41. The van der Waals surface area contributed by atoms with Crippen LogP contribution in [-0.4, -0.2) is 65.3 Å². The molecule has 1 fully saturated rings. The summed E-state index contributed by atoms with van der Waals surface area (Å²) in [6.07, 6.45) is 0.419. The highest BCUT2D eigenvalue weighted by Crippen LogP contribution is 2.28. The quantitative estimate of drug-likeness (QED) is 0.248. The molecule has 1 aliphatic rings. The Morgan fingerprint density at radius 2 is 1.88 bits per heavy atom. The molecule has 0 unspecified atom stereocenters. The largest absolute Gasteiger partial charge is 0.513 e. The summed E-state index contributed by atoms with van der Waals surface area (Å²) in [5.74, 6) is -1.08. The Morgan fingerprint density at radius 1 is 1.07 bits per heavy atom. The van der Waals surface area contributed by atoms with Gasteiger partial charge in [-0.25, -0.2) is 14.8 Å². The number of aromatic nitrogens is 3. The molecule has 14 heteroatoms. The lowest BCUT2D eigenvalue weighted by atomic mass is 10.2. The predicted octanol–water partition coefficient (Wildman–Crippen LogP) is 3.48. The standard InChI is InChI=1S/C27H23ClN6O7/c1-39-27(38)41-20-4-2-3-19-24(20)32-25(34(19)14-22(35)31-21-10-5-16(28)13-29-21)26(37)30-17-6-8-18(9-7-17)33-11-12-40-15-23(33)36/h2-10,13H,11-12,14-15H2,1H3,(H,30,37)(H,29,31,35). The highest BCUT2D eigenvalue weighted by molar-refractivity contribution is 6.30. The number of hydrogen-bond donors (Lipinski definition) is 2. The number of fused-ring (bicyclic) bond motifs is 1. The minimum absolute atomic E-state index is 0.0119. The van der Waals surface area contributed by atoms with Gasteiger partial charge in [0.15, 0.2) is 5.75 Å². The first-order chi connectivity index (χ1) is 19.8. The molecule has 3 amide bonds.